The van der Waals surface area contributed by atoms with Crippen molar-refractivity contribution in [3.8, 4) is 11.4 Å². The predicted molar refractivity (Wildman–Crippen MR) is 80.0 cm³/mol. The normalized spacial score (nSPS) is 11.0. The first-order chi connectivity index (χ1) is 10.2. The number of aromatic nitrogens is 4. The second-order valence-electron chi connectivity index (χ2n) is 4.42. The zero-order valence-corrected chi connectivity index (χ0v) is 12.6. The van der Waals surface area contributed by atoms with E-state index in [4.69, 9.17) is 26.8 Å². The molecule has 0 spiro atoms. The maximum absolute atomic E-state index is 6.00. The van der Waals surface area contributed by atoms with Gasteiger partial charge in [0.2, 0.25) is 0 Å². The Labute approximate surface area is 128 Å². The zero-order valence-electron chi connectivity index (χ0n) is 11.8. The first kappa shape index (κ1) is 15.7. The second-order valence-corrected chi connectivity index (χ2v) is 4.85. The van der Waals surface area contributed by atoms with Crippen molar-refractivity contribution in [2.24, 2.45) is 0 Å². The maximum atomic E-state index is 6.00. The molecule has 8 heteroatoms. The molecule has 1 heterocycles. The van der Waals surface area contributed by atoms with Crippen molar-refractivity contribution in [1.29, 1.82) is 0 Å². The van der Waals surface area contributed by atoms with Gasteiger partial charge in [-0.2, -0.15) is 0 Å². The molecule has 0 saturated carbocycles. The lowest BCUT2D eigenvalue weighted by Crippen LogP contribution is -2.09. The van der Waals surface area contributed by atoms with E-state index in [1.807, 2.05) is 0 Å². The fourth-order valence-corrected chi connectivity index (χ4v) is 2.00. The summed E-state index contributed by atoms with van der Waals surface area (Å²) in [5.41, 5.74) is 7.27. The molecule has 2 aromatic rings. The molecule has 1 aromatic heterocycles. The molecule has 0 unspecified atom stereocenters. The lowest BCUT2D eigenvalue weighted by Gasteiger charge is -2.08. The molecular formula is C13H18ClN5O2. The van der Waals surface area contributed by atoms with E-state index in [0.29, 0.717) is 42.9 Å². The number of aryl methyl sites for hydroxylation is 1. The minimum Gasteiger partial charge on any atom is -0.398 e. The molecule has 0 radical (unpaired) electrons. The van der Waals surface area contributed by atoms with E-state index in [2.05, 4.69) is 15.5 Å². The number of benzene rings is 1. The fraction of sp³-hybridized carbons (Fsp3) is 0.462. The van der Waals surface area contributed by atoms with Crippen LogP contribution in [0.5, 0.6) is 0 Å². The number of methoxy groups -OCH3 is 1. The average molecular weight is 312 g/mol. The number of anilines is 1. The number of halogens is 1. The third-order valence-corrected chi connectivity index (χ3v) is 3.11. The molecule has 0 bridgehead atoms. The van der Waals surface area contributed by atoms with Gasteiger partial charge in [-0.3, -0.25) is 0 Å². The van der Waals surface area contributed by atoms with Gasteiger partial charge in [0.1, 0.15) is 0 Å². The van der Waals surface area contributed by atoms with Gasteiger partial charge in [0.15, 0.2) is 5.82 Å². The standard InChI is InChI=1S/C13H18ClN5O2/c1-20-7-8-21-6-2-5-19-13(16-17-18-19)11-9-10(14)3-4-12(11)15/h3-4,9H,2,5-8,15H2,1H3. The largest absolute Gasteiger partial charge is 0.398 e. The molecule has 7 nitrogen and oxygen atoms in total. The van der Waals surface area contributed by atoms with Gasteiger partial charge in [-0.25, -0.2) is 4.68 Å². The Balaban J connectivity index is 1.97. The van der Waals surface area contributed by atoms with Crippen LogP contribution in [0.15, 0.2) is 18.2 Å². The molecule has 0 atom stereocenters. The van der Waals surface area contributed by atoms with Crippen LogP contribution < -0.4 is 5.73 Å². The van der Waals surface area contributed by atoms with E-state index in [1.165, 1.54) is 0 Å². The monoisotopic (exact) mass is 311 g/mol. The SMILES string of the molecule is COCCOCCCn1nnnc1-c1cc(Cl)ccc1N. The Morgan fingerprint density at radius 2 is 2.14 bits per heavy atom. The summed E-state index contributed by atoms with van der Waals surface area (Å²) in [6, 6.07) is 5.23. The number of nitrogens with zero attached hydrogens (tertiary/aromatic N) is 4. The van der Waals surface area contributed by atoms with Gasteiger partial charge in [0.25, 0.3) is 0 Å². The van der Waals surface area contributed by atoms with Gasteiger partial charge in [0.05, 0.1) is 13.2 Å². The highest BCUT2D eigenvalue weighted by Crippen LogP contribution is 2.26. The molecule has 0 aliphatic carbocycles. The van der Waals surface area contributed by atoms with Crippen molar-refractivity contribution in [3.63, 3.8) is 0 Å². The number of nitrogen functional groups attached to an aromatic ring is 1. The third kappa shape index (κ3) is 4.38. The van der Waals surface area contributed by atoms with E-state index in [-0.39, 0.29) is 0 Å². The molecule has 1 aromatic carbocycles. The van der Waals surface area contributed by atoms with Crippen molar-refractivity contribution >= 4 is 17.3 Å². The highest BCUT2D eigenvalue weighted by Gasteiger charge is 2.12. The topological polar surface area (TPSA) is 88.1 Å². The second kappa shape index (κ2) is 7.92. The number of tetrazole rings is 1. The van der Waals surface area contributed by atoms with Gasteiger partial charge in [-0.15, -0.1) is 5.10 Å². The van der Waals surface area contributed by atoms with E-state index in [0.717, 1.165) is 12.0 Å². The van der Waals surface area contributed by atoms with E-state index >= 15 is 0 Å². The molecule has 0 aliphatic heterocycles. The smallest absolute Gasteiger partial charge is 0.184 e. The van der Waals surface area contributed by atoms with Crippen LogP contribution in [-0.4, -0.2) is 47.1 Å². The summed E-state index contributed by atoms with van der Waals surface area (Å²) in [6.07, 6.45) is 0.794. The van der Waals surface area contributed by atoms with Crippen LogP contribution in [0.2, 0.25) is 5.02 Å². The number of hydrogen-bond acceptors (Lipinski definition) is 6. The van der Waals surface area contributed by atoms with Crippen LogP contribution in [0, 0.1) is 0 Å². The van der Waals surface area contributed by atoms with Crippen molar-refractivity contribution in [3.05, 3.63) is 23.2 Å². The summed E-state index contributed by atoms with van der Waals surface area (Å²) in [5, 5.41) is 12.3. The van der Waals surface area contributed by atoms with Gasteiger partial charge in [0, 0.05) is 36.5 Å². The molecular weight excluding hydrogens is 294 g/mol. The van der Waals surface area contributed by atoms with Gasteiger partial charge >= 0.3 is 0 Å². The Bertz CT molecular complexity index is 575. The molecule has 2 rings (SSSR count). The third-order valence-electron chi connectivity index (χ3n) is 2.88. The summed E-state index contributed by atoms with van der Waals surface area (Å²) in [5.74, 6) is 0.604. The summed E-state index contributed by atoms with van der Waals surface area (Å²) in [7, 11) is 1.64. The maximum Gasteiger partial charge on any atom is 0.184 e. The minimum absolute atomic E-state index is 0.584. The van der Waals surface area contributed by atoms with Crippen molar-refractivity contribution in [1.82, 2.24) is 20.2 Å². The lowest BCUT2D eigenvalue weighted by molar-refractivity contribution is 0.0677. The van der Waals surface area contributed by atoms with E-state index in [9.17, 15) is 0 Å². The van der Waals surface area contributed by atoms with Crippen LogP contribution in [0.4, 0.5) is 5.69 Å². The highest BCUT2D eigenvalue weighted by molar-refractivity contribution is 6.31. The number of rotatable bonds is 8. The van der Waals surface area contributed by atoms with Gasteiger partial charge in [-0.1, -0.05) is 11.6 Å². The fourth-order valence-electron chi connectivity index (χ4n) is 1.83. The summed E-state index contributed by atoms with van der Waals surface area (Å²) in [6.45, 7) is 2.43. The van der Waals surface area contributed by atoms with Crippen LogP contribution in [0.25, 0.3) is 11.4 Å². The summed E-state index contributed by atoms with van der Waals surface area (Å²) >= 11 is 6.00. The molecule has 0 amide bonds. The molecule has 0 fully saturated rings. The number of hydrogen-bond donors (Lipinski definition) is 1. The minimum atomic E-state index is 0.584. The molecule has 2 N–H and O–H groups in total. The van der Waals surface area contributed by atoms with Crippen molar-refractivity contribution < 1.29 is 9.47 Å². The molecule has 0 aliphatic rings. The first-order valence-corrected chi connectivity index (χ1v) is 6.98. The zero-order chi connectivity index (χ0) is 15.1. The summed E-state index contributed by atoms with van der Waals surface area (Å²) in [4.78, 5) is 0. The van der Waals surface area contributed by atoms with E-state index < -0.39 is 0 Å². The Morgan fingerprint density at radius 3 is 2.95 bits per heavy atom. The van der Waals surface area contributed by atoms with Crippen molar-refractivity contribution in [2.45, 2.75) is 13.0 Å². The average Bonchev–Trinajstić information content (AvgIpc) is 2.93. The Morgan fingerprint density at radius 1 is 1.29 bits per heavy atom. The Kier molecular flexibility index (Phi) is 5.91. The van der Waals surface area contributed by atoms with Gasteiger partial charge < -0.3 is 15.2 Å². The highest BCUT2D eigenvalue weighted by atomic mass is 35.5. The number of nitrogens with two attached hydrogens (primary N) is 1. The molecule has 0 saturated heterocycles. The quantitative estimate of drug-likeness (QED) is 0.589. The summed E-state index contributed by atoms with van der Waals surface area (Å²) < 4.78 is 12.0. The Hall–Kier alpha value is -1.70. The van der Waals surface area contributed by atoms with Crippen LogP contribution in [0.1, 0.15) is 6.42 Å². The first-order valence-electron chi connectivity index (χ1n) is 6.60. The predicted octanol–water partition coefficient (Wildman–Crippen LogP) is 1.63. The number of ether oxygens (including phenoxy) is 2. The molecule has 114 valence electrons. The van der Waals surface area contributed by atoms with Crippen molar-refractivity contribution in [2.75, 3.05) is 32.7 Å². The molecule has 21 heavy (non-hydrogen) atoms. The van der Waals surface area contributed by atoms with Crippen LogP contribution >= 0.6 is 11.6 Å². The van der Waals surface area contributed by atoms with Crippen LogP contribution in [-0.2, 0) is 16.0 Å². The van der Waals surface area contributed by atoms with Crippen LogP contribution in [0.3, 0.4) is 0 Å². The van der Waals surface area contributed by atoms with Gasteiger partial charge in [-0.05, 0) is 35.0 Å². The van der Waals surface area contributed by atoms with E-state index in [1.54, 1.807) is 30.0 Å². The lowest BCUT2D eigenvalue weighted by atomic mass is 10.1.